The topological polar surface area (TPSA) is 23.5 Å². The van der Waals surface area contributed by atoms with Crippen molar-refractivity contribution in [2.24, 2.45) is 0 Å². The SMILES string of the molecule is CCSc1ccc(CCN(C)CO)cc1. The Hall–Kier alpha value is -0.510. The molecule has 0 bridgehead atoms. The van der Waals surface area contributed by atoms with Gasteiger partial charge in [0.2, 0.25) is 0 Å². The molecule has 3 heteroatoms. The molecular formula is C12H19NOS. The van der Waals surface area contributed by atoms with Crippen molar-refractivity contribution in [1.82, 2.24) is 4.90 Å². The van der Waals surface area contributed by atoms with E-state index < -0.39 is 0 Å². The number of aliphatic hydroxyl groups is 1. The molecule has 0 spiro atoms. The summed E-state index contributed by atoms with van der Waals surface area (Å²) < 4.78 is 0. The van der Waals surface area contributed by atoms with E-state index in [2.05, 4.69) is 31.2 Å². The van der Waals surface area contributed by atoms with E-state index in [1.165, 1.54) is 10.5 Å². The van der Waals surface area contributed by atoms with E-state index in [1.54, 1.807) is 0 Å². The van der Waals surface area contributed by atoms with Crippen molar-refractivity contribution in [3.8, 4) is 0 Å². The number of rotatable bonds is 6. The minimum absolute atomic E-state index is 0.129. The summed E-state index contributed by atoms with van der Waals surface area (Å²) in [5, 5.41) is 8.85. The Morgan fingerprint density at radius 2 is 1.93 bits per heavy atom. The number of benzene rings is 1. The average Bonchev–Trinajstić information content (AvgIpc) is 2.28. The highest BCUT2D eigenvalue weighted by Gasteiger charge is 1.98. The second-order valence-electron chi connectivity index (χ2n) is 3.55. The third-order valence-corrected chi connectivity index (χ3v) is 3.15. The molecule has 2 nitrogen and oxygen atoms in total. The van der Waals surface area contributed by atoms with Crippen LogP contribution in [0.4, 0.5) is 0 Å². The minimum Gasteiger partial charge on any atom is -0.381 e. The van der Waals surface area contributed by atoms with E-state index in [4.69, 9.17) is 5.11 Å². The molecule has 0 atom stereocenters. The number of thioether (sulfide) groups is 1. The second kappa shape index (κ2) is 6.88. The Morgan fingerprint density at radius 3 is 2.47 bits per heavy atom. The number of aliphatic hydroxyl groups excluding tert-OH is 1. The Balaban J connectivity index is 2.42. The third-order valence-electron chi connectivity index (χ3n) is 2.26. The lowest BCUT2D eigenvalue weighted by molar-refractivity contribution is 0.134. The summed E-state index contributed by atoms with van der Waals surface area (Å²) in [7, 11) is 1.92. The summed E-state index contributed by atoms with van der Waals surface area (Å²) in [5.41, 5.74) is 1.33. The number of hydrogen-bond donors (Lipinski definition) is 1. The number of likely N-dealkylation sites (N-methyl/N-ethyl adjacent to an activating group) is 1. The van der Waals surface area contributed by atoms with Gasteiger partial charge in [-0.1, -0.05) is 19.1 Å². The van der Waals surface area contributed by atoms with E-state index >= 15 is 0 Å². The van der Waals surface area contributed by atoms with E-state index in [0.29, 0.717) is 0 Å². The van der Waals surface area contributed by atoms with Crippen molar-refractivity contribution in [1.29, 1.82) is 0 Å². The van der Waals surface area contributed by atoms with Gasteiger partial charge in [0.05, 0.1) is 6.73 Å². The standard InChI is InChI=1S/C12H19NOS/c1-3-15-12-6-4-11(5-7-12)8-9-13(2)10-14/h4-7,14H,3,8-10H2,1-2H3. The summed E-state index contributed by atoms with van der Waals surface area (Å²) in [6.07, 6.45) is 0.994. The largest absolute Gasteiger partial charge is 0.381 e. The normalized spacial score (nSPS) is 10.9. The number of nitrogens with zero attached hydrogens (tertiary/aromatic N) is 1. The second-order valence-corrected chi connectivity index (χ2v) is 4.89. The van der Waals surface area contributed by atoms with Crippen molar-refractivity contribution in [3.05, 3.63) is 29.8 Å². The summed E-state index contributed by atoms with van der Waals surface area (Å²) in [6, 6.07) is 8.68. The molecule has 0 radical (unpaired) electrons. The van der Waals surface area contributed by atoms with Gasteiger partial charge in [0.25, 0.3) is 0 Å². The first-order chi connectivity index (χ1) is 7.26. The van der Waals surface area contributed by atoms with Crippen LogP contribution in [0.25, 0.3) is 0 Å². The van der Waals surface area contributed by atoms with Crippen LogP contribution in [0, 0.1) is 0 Å². The fourth-order valence-electron chi connectivity index (χ4n) is 1.31. The highest BCUT2D eigenvalue weighted by Crippen LogP contribution is 2.17. The molecule has 15 heavy (non-hydrogen) atoms. The molecule has 1 aromatic rings. The van der Waals surface area contributed by atoms with Gasteiger partial charge in [-0.25, -0.2) is 0 Å². The Morgan fingerprint density at radius 1 is 1.27 bits per heavy atom. The van der Waals surface area contributed by atoms with Crippen LogP contribution in [0.15, 0.2) is 29.2 Å². The van der Waals surface area contributed by atoms with Crippen molar-refractivity contribution in [3.63, 3.8) is 0 Å². The van der Waals surface area contributed by atoms with Crippen molar-refractivity contribution in [2.45, 2.75) is 18.2 Å². The van der Waals surface area contributed by atoms with Crippen LogP contribution < -0.4 is 0 Å². The fraction of sp³-hybridized carbons (Fsp3) is 0.500. The highest BCUT2D eigenvalue weighted by atomic mass is 32.2. The molecule has 84 valence electrons. The molecule has 0 aliphatic rings. The zero-order valence-electron chi connectivity index (χ0n) is 9.44. The molecule has 0 aliphatic carbocycles. The molecule has 0 saturated heterocycles. The zero-order valence-corrected chi connectivity index (χ0v) is 10.3. The molecule has 1 N–H and O–H groups in total. The van der Waals surface area contributed by atoms with Gasteiger partial charge < -0.3 is 5.11 Å². The molecule has 0 aromatic heterocycles. The molecular weight excluding hydrogens is 206 g/mol. The van der Waals surface area contributed by atoms with Crippen molar-refractivity contribution in [2.75, 3.05) is 26.1 Å². The molecule has 0 heterocycles. The maximum absolute atomic E-state index is 8.85. The van der Waals surface area contributed by atoms with Gasteiger partial charge >= 0.3 is 0 Å². The van der Waals surface area contributed by atoms with Gasteiger partial charge in [-0.2, -0.15) is 0 Å². The van der Waals surface area contributed by atoms with Crippen LogP contribution >= 0.6 is 11.8 Å². The van der Waals surface area contributed by atoms with Gasteiger partial charge in [0, 0.05) is 11.4 Å². The first kappa shape index (κ1) is 12.6. The minimum atomic E-state index is 0.129. The van der Waals surface area contributed by atoms with Gasteiger partial charge in [-0.3, -0.25) is 4.90 Å². The molecule has 0 fully saturated rings. The van der Waals surface area contributed by atoms with Crippen LogP contribution in [0.2, 0.25) is 0 Å². The lowest BCUT2D eigenvalue weighted by atomic mass is 10.1. The monoisotopic (exact) mass is 225 g/mol. The molecule has 0 unspecified atom stereocenters. The maximum Gasteiger partial charge on any atom is 0.0954 e. The van der Waals surface area contributed by atoms with Crippen molar-refractivity contribution >= 4 is 11.8 Å². The van der Waals surface area contributed by atoms with Crippen LogP contribution in [-0.4, -0.2) is 36.1 Å². The Kier molecular flexibility index (Phi) is 5.76. The Bertz CT molecular complexity index is 273. The quantitative estimate of drug-likeness (QED) is 0.593. The van der Waals surface area contributed by atoms with Gasteiger partial charge in [0.15, 0.2) is 0 Å². The maximum atomic E-state index is 8.85. The molecule has 1 rings (SSSR count). The predicted octanol–water partition coefficient (Wildman–Crippen LogP) is 2.22. The first-order valence-corrected chi connectivity index (χ1v) is 6.26. The molecule has 0 amide bonds. The summed E-state index contributed by atoms with van der Waals surface area (Å²) in [4.78, 5) is 3.23. The summed E-state index contributed by atoms with van der Waals surface area (Å²) in [6.45, 7) is 3.19. The van der Waals surface area contributed by atoms with Crippen LogP contribution in [0.3, 0.4) is 0 Å². The smallest absolute Gasteiger partial charge is 0.0954 e. The molecule has 0 saturated carbocycles. The van der Waals surface area contributed by atoms with Crippen LogP contribution in [0.5, 0.6) is 0 Å². The summed E-state index contributed by atoms with van der Waals surface area (Å²) in [5.74, 6) is 1.12. The van der Waals surface area contributed by atoms with Gasteiger partial charge in [0.1, 0.15) is 0 Å². The summed E-state index contributed by atoms with van der Waals surface area (Å²) >= 11 is 1.86. The fourth-order valence-corrected chi connectivity index (χ4v) is 1.97. The lowest BCUT2D eigenvalue weighted by Crippen LogP contribution is -2.21. The van der Waals surface area contributed by atoms with E-state index in [9.17, 15) is 0 Å². The lowest BCUT2D eigenvalue weighted by Gasteiger charge is -2.12. The van der Waals surface area contributed by atoms with E-state index in [-0.39, 0.29) is 6.73 Å². The molecule has 1 aromatic carbocycles. The van der Waals surface area contributed by atoms with Gasteiger partial charge in [-0.15, -0.1) is 11.8 Å². The predicted molar refractivity (Wildman–Crippen MR) is 66.3 cm³/mol. The van der Waals surface area contributed by atoms with Crippen molar-refractivity contribution < 1.29 is 5.11 Å². The van der Waals surface area contributed by atoms with Gasteiger partial charge in [-0.05, 0) is 36.9 Å². The zero-order chi connectivity index (χ0) is 11.1. The Labute approximate surface area is 96.3 Å². The third kappa shape index (κ3) is 4.69. The first-order valence-electron chi connectivity index (χ1n) is 5.27. The number of hydrogen-bond acceptors (Lipinski definition) is 3. The average molecular weight is 225 g/mol. The van der Waals surface area contributed by atoms with E-state index in [0.717, 1.165) is 18.7 Å². The highest BCUT2D eigenvalue weighted by molar-refractivity contribution is 7.99. The molecule has 0 aliphatic heterocycles. The van der Waals surface area contributed by atoms with E-state index in [1.807, 2.05) is 23.7 Å². The van der Waals surface area contributed by atoms with Crippen LogP contribution in [-0.2, 0) is 6.42 Å². The van der Waals surface area contributed by atoms with Crippen LogP contribution in [0.1, 0.15) is 12.5 Å².